The number of nitrogens with one attached hydrogen (secondary N) is 1. The van der Waals surface area contributed by atoms with Crippen molar-refractivity contribution in [2.75, 3.05) is 0 Å². The monoisotopic (exact) mass is 259 g/mol. The van der Waals surface area contributed by atoms with Gasteiger partial charge in [0, 0.05) is 5.70 Å². The first-order valence-electron chi connectivity index (χ1n) is 5.34. The van der Waals surface area contributed by atoms with E-state index in [0.717, 1.165) is 0 Å². The van der Waals surface area contributed by atoms with Gasteiger partial charge in [-0.05, 0) is 19.1 Å². The van der Waals surface area contributed by atoms with Gasteiger partial charge in [0.25, 0.3) is 10.0 Å². The zero-order valence-electron chi connectivity index (χ0n) is 10.1. The molecule has 0 saturated heterocycles. The van der Waals surface area contributed by atoms with Gasteiger partial charge in [0.1, 0.15) is 7.85 Å². The van der Waals surface area contributed by atoms with Crippen LogP contribution in [0.15, 0.2) is 71.2 Å². The quantitative estimate of drug-likeness (QED) is 0.650. The highest BCUT2D eigenvalue weighted by molar-refractivity contribution is 7.89. The van der Waals surface area contributed by atoms with Crippen LogP contribution in [0.5, 0.6) is 0 Å². The number of hydrogen-bond acceptors (Lipinski definition) is 2. The molecule has 0 spiro atoms. The van der Waals surface area contributed by atoms with Crippen molar-refractivity contribution in [3.8, 4) is 0 Å². The molecule has 0 unspecified atom stereocenters. The van der Waals surface area contributed by atoms with Gasteiger partial charge in [-0.15, -0.1) is 0 Å². The Morgan fingerprint density at radius 3 is 2.44 bits per heavy atom. The lowest BCUT2D eigenvalue weighted by Crippen LogP contribution is -2.24. The van der Waals surface area contributed by atoms with Crippen LogP contribution in [0.1, 0.15) is 6.92 Å². The molecule has 0 aromatic heterocycles. The van der Waals surface area contributed by atoms with Gasteiger partial charge >= 0.3 is 0 Å². The van der Waals surface area contributed by atoms with E-state index in [-0.39, 0.29) is 4.90 Å². The summed E-state index contributed by atoms with van der Waals surface area (Å²) in [5, 5.41) is 0. The maximum atomic E-state index is 12.0. The summed E-state index contributed by atoms with van der Waals surface area (Å²) >= 11 is 0. The zero-order valence-corrected chi connectivity index (χ0v) is 10.9. The predicted octanol–water partition coefficient (Wildman–Crippen LogP) is 2.11. The Morgan fingerprint density at radius 1 is 1.33 bits per heavy atom. The fraction of sp³-hybridized carbons (Fsp3) is 0.0769. The largest absolute Gasteiger partial charge is 0.281 e. The van der Waals surface area contributed by atoms with Gasteiger partial charge in [0.15, 0.2) is 0 Å². The third kappa shape index (κ3) is 3.63. The van der Waals surface area contributed by atoms with Crippen molar-refractivity contribution >= 4 is 17.9 Å². The molecular weight excluding hydrogens is 245 g/mol. The Balaban J connectivity index is 3.04. The Kier molecular flexibility index (Phi) is 4.98. The minimum atomic E-state index is -3.61. The highest BCUT2D eigenvalue weighted by atomic mass is 32.2. The second kappa shape index (κ2) is 6.26. The highest BCUT2D eigenvalue weighted by Gasteiger charge is 2.14. The number of benzene rings is 1. The molecule has 0 aliphatic heterocycles. The molecule has 1 aromatic carbocycles. The van der Waals surface area contributed by atoms with E-state index in [4.69, 9.17) is 7.85 Å². The van der Waals surface area contributed by atoms with Crippen LogP contribution in [0, 0.1) is 0 Å². The summed E-state index contributed by atoms with van der Waals surface area (Å²) in [4.78, 5) is 0.191. The Hall–Kier alpha value is -1.75. The SMILES string of the molecule is [B]C(=C/C=C)/C(=C\C)NS(=O)(=O)c1ccccc1. The van der Waals surface area contributed by atoms with E-state index >= 15 is 0 Å². The van der Waals surface area contributed by atoms with E-state index in [9.17, 15) is 8.42 Å². The van der Waals surface area contributed by atoms with Crippen LogP contribution in [0.4, 0.5) is 0 Å². The highest BCUT2D eigenvalue weighted by Crippen LogP contribution is 2.12. The first kappa shape index (κ1) is 14.3. The van der Waals surface area contributed by atoms with Crippen molar-refractivity contribution < 1.29 is 8.42 Å². The van der Waals surface area contributed by atoms with E-state index in [1.165, 1.54) is 24.3 Å². The molecule has 1 aromatic rings. The lowest BCUT2D eigenvalue weighted by Gasteiger charge is -2.12. The second-order valence-electron chi connectivity index (χ2n) is 3.48. The molecule has 1 rings (SSSR count). The molecule has 0 amide bonds. The lowest BCUT2D eigenvalue weighted by atomic mass is 9.92. The van der Waals surface area contributed by atoms with Crippen LogP contribution in [0.25, 0.3) is 0 Å². The molecule has 2 radical (unpaired) electrons. The molecule has 0 aliphatic carbocycles. The maximum Gasteiger partial charge on any atom is 0.261 e. The Labute approximate surface area is 109 Å². The summed E-state index contributed by atoms with van der Waals surface area (Å²) in [6.45, 7) is 5.21. The molecule has 0 bridgehead atoms. The molecule has 1 N–H and O–H groups in total. The van der Waals surface area contributed by atoms with Gasteiger partial charge in [0.2, 0.25) is 0 Å². The van der Waals surface area contributed by atoms with E-state index in [1.807, 2.05) is 0 Å². The summed E-state index contributed by atoms with van der Waals surface area (Å²) in [5.41, 5.74) is 0.644. The number of hydrogen-bond donors (Lipinski definition) is 1. The smallest absolute Gasteiger partial charge is 0.261 e. The van der Waals surface area contributed by atoms with Crippen molar-refractivity contribution in [2.24, 2.45) is 0 Å². The van der Waals surface area contributed by atoms with Crippen molar-refractivity contribution in [3.05, 3.63) is 66.3 Å². The Morgan fingerprint density at radius 2 is 1.94 bits per heavy atom. The average molecular weight is 259 g/mol. The van der Waals surface area contributed by atoms with Crippen molar-refractivity contribution in [3.63, 3.8) is 0 Å². The number of allylic oxidation sites excluding steroid dienone is 4. The minimum Gasteiger partial charge on any atom is -0.281 e. The molecule has 0 aliphatic rings. The second-order valence-corrected chi connectivity index (χ2v) is 5.16. The molecule has 0 fully saturated rings. The normalized spacial score (nSPS) is 13.2. The first-order valence-corrected chi connectivity index (χ1v) is 6.82. The maximum absolute atomic E-state index is 12.0. The van der Waals surface area contributed by atoms with E-state index in [0.29, 0.717) is 11.2 Å². The Bertz CT molecular complexity index is 574. The average Bonchev–Trinajstić information content (AvgIpc) is 2.37. The number of rotatable bonds is 5. The molecule has 18 heavy (non-hydrogen) atoms. The lowest BCUT2D eigenvalue weighted by molar-refractivity contribution is 0.589. The fourth-order valence-electron chi connectivity index (χ4n) is 1.30. The summed E-state index contributed by atoms with van der Waals surface area (Å²) in [5.74, 6) is 0. The van der Waals surface area contributed by atoms with Gasteiger partial charge in [-0.3, -0.25) is 4.72 Å². The summed E-state index contributed by atoms with van der Waals surface area (Å²) in [6, 6.07) is 8.10. The molecular formula is C13H14BNO2S. The summed E-state index contributed by atoms with van der Waals surface area (Å²) < 4.78 is 26.5. The van der Waals surface area contributed by atoms with Gasteiger partial charge in [0.05, 0.1) is 4.90 Å². The van der Waals surface area contributed by atoms with Crippen LogP contribution in [-0.2, 0) is 10.0 Å². The summed E-state index contributed by atoms with van der Waals surface area (Å²) in [7, 11) is 2.11. The van der Waals surface area contributed by atoms with Crippen LogP contribution >= 0.6 is 0 Å². The molecule has 0 atom stereocenters. The molecule has 92 valence electrons. The van der Waals surface area contributed by atoms with Crippen LogP contribution < -0.4 is 4.72 Å². The van der Waals surface area contributed by atoms with Crippen LogP contribution in [0.3, 0.4) is 0 Å². The number of sulfonamides is 1. The summed E-state index contributed by atoms with van der Waals surface area (Å²) in [6.07, 6.45) is 4.62. The van der Waals surface area contributed by atoms with Crippen molar-refractivity contribution in [1.82, 2.24) is 4.72 Å². The minimum absolute atomic E-state index is 0.191. The van der Waals surface area contributed by atoms with Gasteiger partial charge < -0.3 is 0 Å². The van der Waals surface area contributed by atoms with Crippen molar-refractivity contribution in [1.29, 1.82) is 0 Å². The zero-order chi connectivity index (χ0) is 13.6. The van der Waals surface area contributed by atoms with Crippen molar-refractivity contribution in [2.45, 2.75) is 11.8 Å². The third-order valence-electron chi connectivity index (χ3n) is 2.19. The fourth-order valence-corrected chi connectivity index (χ4v) is 2.46. The third-order valence-corrected chi connectivity index (χ3v) is 3.58. The standard InChI is InChI=1S/C13H14BNO2S/c1-3-8-12(14)13(4-2)15-18(16,17)11-9-6-5-7-10-11/h3-10,15H,1H2,2H3/b12-8+,13-4+. The molecule has 0 heterocycles. The first-order chi connectivity index (χ1) is 8.51. The van der Waals surface area contributed by atoms with Gasteiger partial charge in [-0.25, -0.2) is 8.42 Å². The predicted molar refractivity (Wildman–Crippen MR) is 74.6 cm³/mol. The molecule has 5 heteroatoms. The van der Waals surface area contributed by atoms with Crippen LogP contribution in [0.2, 0.25) is 0 Å². The van der Waals surface area contributed by atoms with E-state index < -0.39 is 10.0 Å². The van der Waals surface area contributed by atoms with Gasteiger partial charge in [-0.1, -0.05) is 48.5 Å². The topological polar surface area (TPSA) is 46.2 Å². The molecule has 0 saturated carbocycles. The van der Waals surface area contributed by atoms with Crippen LogP contribution in [-0.4, -0.2) is 16.3 Å². The van der Waals surface area contributed by atoms with E-state index in [1.54, 1.807) is 31.2 Å². The molecule has 3 nitrogen and oxygen atoms in total. The van der Waals surface area contributed by atoms with Gasteiger partial charge in [-0.2, -0.15) is 0 Å². The van der Waals surface area contributed by atoms with E-state index in [2.05, 4.69) is 11.3 Å².